The van der Waals surface area contributed by atoms with Crippen LogP contribution in [0, 0.1) is 0 Å². The fourth-order valence-electron chi connectivity index (χ4n) is 2.70. The highest BCUT2D eigenvalue weighted by Gasteiger charge is 2.21. The van der Waals surface area contributed by atoms with E-state index >= 15 is 0 Å². The molecule has 1 saturated heterocycles. The molecule has 1 aromatic rings. The first-order valence-electron chi connectivity index (χ1n) is 7.87. The number of carbonyl (C=O) groups is 1. The molecule has 0 saturated carbocycles. The van der Waals surface area contributed by atoms with E-state index in [1.807, 2.05) is 0 Å². The predicted octanol–water partition coefficient (Wildman–Crippen LogP) is 1.75. The van der Waals surface area contributed by atoms with Crippen molar-refractivity contribution in [1.29, 1.82) is 0 Å². The molecule has 23 heavy (non-hydrogen) atoms. The number of nitrogens with zero attached hydrogens (tertiary/aromatic N) is 2. The first-order valence-corrected chi connectivity index (χ1v) is 9.31. The molecule has 1 fully saturated rings. The smallest absolute Gasteiger partial charge is 0.242 e. The third-order valence-electron chi connectivity index (χ3n) is 4.20. The third kappa shape index (κ3) is 4.53. The van der Waals surface area contributed by atoms with E-state index in [-0.39, 0.29) is 10.8 Å². The molecule has 7 heteroatoms. The molecule has 2 rings (SSSR count). The first-order chi connectivity index (χ1) is 10.8. The molecule has 0 radical (unpaired) electrons. The van der Waals surface area contributed by atoms with Crippen molar-refractivity contribution < 1.29 is 13.2 Å². The van der Waals surface area contributed by atoms with Gasteiger partial charge in [-0.1, -0.05) is 6.42 Å². The quantitative estimate of drug-likeness (QED) is 0.887. The van der Waals surface area contributed by atoms with Gasteiger partial charge in [0.05, 0.1) is 11.4 Å². The van der Waals surface area contributed by atoms with Gasteiger partial charge in [0, 0.05) is 25.8 Å². The Hall–Kier alpha value is -1.44. The van der Waals surface area contributed by atoms with Crippen molar-refractivity contribution >= 4 is 21.6 Å². The van der Waals surface area contributed by atoms with E-state index in [2.05, 4.69) is 17.1 Å². The maximum Gasteiger partial charge on any atom is 0.242 e. The average Bonchev–Trinajstić information content (AvgIpc) is 2.50. The zero-order valence-electron chi connectivity index (χ0n) is 13.9. The molecule has 1 amide bonds. The summed E-state index contributed by atoms with van der Waals surface area (Å²) in [5.41, 5.74) is 0.609. The van der Waals surface area contributed by atoms with Gasteiger partial charge >= 0.3 is 0 Å². The number of sulfonamides is 1. The van der Waals surface area contributed by atoms with Gasteiger partial charge in [0.25, 0.3) is 0 Å². The molecular weight excluding hydrogens is 314 g/mol. The van der Waals surface area contributed by atoms with E-state index in [1.165, 1.54) is 37.0 Å². The number of benzene rings is 1. The number of hydrogen-bond acceptors (Lipinski definition) is 4. The fourth-order valence-corrected chi connectivity index (χ4v) is 3.60. The van der Waals surface area contributed by atoms with Gasteiger partial charge < -0.3 is 5.32 Å². The second-order valence-corrected chi connectivity index (χ2v) is 8.33. The van der Waals surface area contributed by atoms with Crippen molar-refractivity contribution in [3.05, 3.63) is 24.3 Å². The van der Waals surface area contributed by atoms with E-state index < -0.39 is 10.0 Å². The molecule has 0 unspecified atom stereocenters. The van der Waals surface area contributed by atoms with Gasteiger partial charge in [-0.25, -0.2) is 12.7 Å². The van der Waals surface area contributed by atoms with E-state index in [0.29, 0.717) is 18.3 Å². The summed E-state index contributed by atoms with van der Waals surface area (Å²) in [5.74, 6) is -0.0676. The molecule has 0 spiro atoms. The van der Waals surface area contributed by atoms with Crippen molar-refractivity contribution in [2.24, 2.45) is 0 Å². The Labute approximate surface area is 138 Å². The first kappa shape index (κ1) is 17.9. The molecule has 6 nitrogen and oxygen atoms in total. The van der Waals surface area contributed by atoms with Crippen molar-refractivity contribution in [1.82, 2.24) is 9.21 Å². The zero-order chi connectivity index (χ0) is 17.0. The standard InChI is InChI=1S/C16H25N3O3S/c1-13-6-4-5-11-19(13)12-16(20)17-14-7-9-15(10-8-14)23(21,22)18(2)3/h7-10,13H,4-6,11-12H2,1-3H3,(H,17,20)/t13-/m1/s1. The highest BCUT2D eigenvalue weighted by Crippen LogP contribution is 2.18. The Kier molecular flexibility index (Phi) is 5.78. The highest BCUT2D eigenvalue weighted by atomic mass is 32.2. The topological polar surface area (TPSA) is 69.7 Å². The summed E-state index contributed by atoms with van der Waals surface area (Å²) in [7, 11) is -0.458. The zero-order valence-corrected chi connectivity index (χ0v) is 14.8. The molecule has 1 N–H and O–H groups in total. The molecule has 0 bridgehead atoms. The molecule has 1 atom stereocenters. The maximum atomic E-state index is 12.1. The minimum absolute atomic E-state index is 0.0676. The normalized spacial score (nSPS) is 19.7. The lowest BCUT2D eigenvalue weighted by molar-refractivity contribution is -0.118. The van der Waals surface area contributed by atoms with Gasteiger partial charge in [-0.3, -0.25) is 9.69 Å². The van der Waals surface area contributed by atoms with E-state index in [4.69, 9.17) is 0 Å². The maximum absolute atomic E-state index is 12.1. The second-order valence-electron chi connectivity index (χ2n) is 6.18. The SMILES string of the molecule is C[C@@H]1CCCCN1CC(=O)Nc1ccc(S(=O)(=O)N(C)C)cc1. The number of hydrogen-bond donors (Lipinski definition) is 1. The molecule has 0 aromatic heterocycles. The van der Waals surface area contributed by atoms with Gasteiger partial charge in [-0.15, -0.1) is 0 Å². The van der Waals surface area contributed by atoms with Gasteiger partial charge in [0.1, 0.15) is 0 Å². The van der Waals surface area contributed by atoms with Gasteiger partial charge in [0.2, 0.25) is 15.9 Å². The highest BCUT2D eigenvalue weighted by molar-refractivity contribution is 7.89. The number of piperidine rings is 1. The Morgan fingerprint density at radius 3 is 2.48 bits per heavy atom. The summed E-state index contributed by atoms with van der Waals surface area (Å²) < 4.78 is 25.2. The van der Waals surface area contributed by atoms with Crippen LogP contribution in [0.25, 0.3) is 0 Å². The Balaban J connectivity index is 1.97. The number of anilines is 1. The predicted molar refractivity (Wildman–Crippen MR) is 90.8 cm³/mol. The van der Waals surface area contributed by atoms with Crippen LogP contribution in [-0.4, -0.2) is 56.8 Å². The van der Waals surface area contributed by atoms with Gasteiger partial charge in [0.15, 0.2) is 0 Å². The van der Waals surface area contributed by atoms with Crippen LogP contribution in [0.1, 0.15) is 26.2 Å². The van der Waals surface area contributed by atoms with Crippen molar-refractivity contribution in [2.75, 3.05) is 32.5 Å². The number of carbonyl (C=O) groups excluding carboxylic acids is 1. The summed E-state index contributed by atoms with van der Waals surface area (Å²) >= 11 is 0. The summed E-state index contributed by atoms with van der Waals surface area (Å²) in [6.07, 6.45) is 3.49. The monoisotopic (exact) mass is 339 g/mol. The van der Waals surface area contributed by atoms with Crippen LogP contribution in [0.15, 0.2) is 29.2 Å². The average molecular weight is 339 g/mol. The number of likely N-dealkylation sites (tertiary alicyclic amines) is 1. The number of amides is 1. The summed E-state index contributed by atoms with van der Waals surface area (Å²) in [6, 6.07) is 6.69. The third-order valence-corrected chi connectivity index (χ3v) is 6.03. The lowest BCUT2D eigenvalue weighted by Gasteiger charge is -2.32. The lowest BCUT2D eigenvalue weighted by atomic mass is 10.0. The molecule has 1 aromatic carbocycles. The Morgan fingerprint density at radius 2 is 1.91 bits per heavy atom. The number of nitrogens with one attached hydrogen (secondary N) is 1. The van der Waals surface area contributed by atoms with Crippen LogP contribution >= 0.6 is 0 Å². The van der Waals surface area contributed by atoms with Crippen LogP contribution in [0.3, 0.4) is 0 Å². The van der Waals surface area contributed by atoms with Crippen LogP contribution in [0.5, 0.6) is 0 Å². The van der Waals surface area contributed by atoms with E-state index in [1.54, 1.807) is 12.1 Å². The lowest BCUT2D eigenvalue weighted by Crippen LogP contribution is -2.42. The van der Waals surface area contributed by atoms with Crippen LogP contribution < -0.4 is 5.32 Å². The van der Waals surface area contributed by atoms with Crippen LogP contribution in [0.4, 0.5) is 5.69 Å². The van der Waals surface area contributed by atoms with E-state index in [9.17, 15) is 13.2 Å². The van der Waals surface area contributed by atoms with Gasteiger partial charge in [-0.05, 0) is 50.6 Å². The van der Waals surface area contributed by atoms with Crippen molar-refractivity contribution in [2.45, 2.75) is 37.1 Å². The summed E-state index contributed by atoms with van der Waals surface area (Å²) in [5, 5.41) is 2.83. The fraction of sp³-hybridized carbons (Fsp3) is 0.562. The molecular formula is C16H25N3O3S. The van der Waals surface area contributed by atoms with Crippen LogP contribution in [-0.2, 0) is 14.8 Å². The minimum Gasteiger partial charge on any atom is -0.325 e. The molecule has 1 aliphatic rings. The summed E-state index contributed by atoms with van der Waals surface area (Å²) in [4.78, 5) is 14.5. The minimum atomic E-state index is -3.44. The van der Waals surface area contributed by atoms with E-state index in [0.717, 1.165) is 19.4 Å². The number of rotatable bonds is 5. The molecule has 1 heterocycles. The second kappa shape index (κ2) is 7.42. The molecule has 0 aliphatic carbocycles. The Bertz CT molecular complexity index is 641. The van der Waals surface area contributed by atoms with Gasteiger partial charge in [-0.2, -0.15) is 0 Å². The van der Waals surface area contributed by atoms with Crippen molar-refractivity contribution in [3.8, 4) is 0 Å². The Morgan fingerprint density at radius 1 is 1.26 bits per heavy atom. The molecule has 128 valence electrons. The largest absolute Gasteiger partial charge is 0.325 e. The molecule has 1 aliphatic heterocycles. The van der Waals surface area contributed by atoms with Crippen LogP contribution in [0.2, 0.25) is 0 Å². The van der Waals surface area contributed by atoms with Crippen molar-refractivity contribution in [3.63, 3.8) is 0 Å². The summed E-state index contributed by atoms with van der Waals surface area (Å²) in [6.45, 7) is 3.47.